The van der Waals surface area contributed by atoms with Crippen LogP contribution in [0.25, 0.3) is 0 Å². The van der Waals surface area contributed by atoms with E-state index in [2.05, 4.69) is 23.7 Å². The fourth-order valence-electron chi connectivity index (χ4n) is 2.72. The van der Waals surface area contributed by atoms with E-state index in [0.29, 0.717) is 11.1 Å². The molecule has 0 amide bonds. The minimum atomic E-state index is -3.90. The normalized spacial score (nSPS) is 11.1. The molecule has 0 N–H and O–H groups in total. The Morgan fingerprint density at radius 3 is 1.29 bits per heavy atom. The van der Waals surface area contributed by atoms with Crippen molar-refractivity contribution in [1.82, 2.24) is 0 Å². The van der Waals surface area contributed by atoms with Gasteiger partial charge in [0.1, 0.15) is 13.2 Å². The maximum absolute atomic E-state index is 12.2. The molecular formula is C26H22O6S2. The molecule has 0 bridgehead atoms. The maximum Gasteiger partial charge on any atom is 0.297 e. The topological polar surface area (TPSA) is 86.7 Å². The van der Waals surface area contributed by atoms with Crippen LogP contribution in [0, 0.1) is 37.5 Å². The molecule has 3 aromatic carbocycles. The molecule has 0 saturated carbocycles. The fraction of sp³-hybridized carbons (Fsp3) is 0.154. The summed E-state index contributed by atoms with van der Waals surface area (Å²) in [5.41, 5.74) is 2.98. The molecule has 3 aromatic rings. The Bertz CT molecular complexity index is 1370. The lowest BCUT2D eigenvalue weighted by Crippen LogP contribution is -2.06. The number of aryl methyl sites for hydroxylation is 2. The Kier molecular flexibility index (Phi) is 8.27. The molecule has 0 atom stereocenters. The van der Waals surface area contributed by atoms with Gasteiger partial charge in [0.2, 0.25) is 0 Å². The standard InChI is InChI=1S/C26H22O6S2/c1-21-11-15-25(16-12-21)33(27,28)31-19-5-9-23-7-3-4-8-24(23)10-6-20-32-34(29,30)26-17-13-22(2)14-18-26/h3-4,7-8,11-18H,19-20H2,1-2H3. The zero-order valence-electron chi connectivity index (χ0n) is 18.6. The summed E-state index contributed by atoms with van der Waals surface area (Å²) >= 11 is 0. The molecule has 6 nitrogen and oxygen atoms in total. The highest BCUT2D eigenvalue weighted by Gasteiger charge is 2.14. The first-order valence-electron chi connectivity index (χ1n) is 10.2. The molecule has 0 heterocycles. The third-order valence-corrected chi connectivity index (χ3v) is 7.12. The number of rotatable bonds is 6. The molecule has 0 spiro atoms. The van der Waals surface area contributed by atoms with E-state index < -0.39 is 20.2 Å². The first-order chi connectivity index (χ1) is 16.2. The highest BCUT2D eigenvalue weighted by molar-refractivity contribution is 7.87. The molecule has 0 saturated heterocycles. The first-order valence-corrected chi connectivity index (χ1v) is 13.0. The van der Waals surface area contributed by atoms with Crippen LogP contribution < -0.4 is 0 Å². The highest BCUT2D eigenvalue weighted by atomic mass is 32.2. The van der Waals surface area contributed by atoms with E-state index in [1.54, 1.807) is 48.5 Å². The molecule has 0 fully saturated rings. The summed E-state index contributed by atoms with van der Waals surface area (Å²) in [4.78, 5) is 0.124. The van der Waals surface area contributed by atoms with Crippen molar-refractivity contribution in [3.63, 3.8) is 0 Å². The number of hydrogen-bond donors (Lipinski definition) is 0. The van der Waals surface area contributed by atoms with E-state index in [1.807, 2.05) is 13.8 Å². The third-order valence-electron chi connectivity index (χ3n) is 4.56. The van der Waals surface area contributed by atoms with Gasteiger partial charge in [0, 0.05) is 11.1 Å². The zero-order chi connectivity index (χ0) is 24.6. The predicted octanol–water partition coefficient (Wildman–Crippen LogP) is 3.82. The summed E-state index contributed by atoms with van der Waals surface area (Å²) < 4.78 is 58.8. The van der Waals surface area contributed by atoms with E-state index in [1.165, 1.54) is 24.3 Å². The zero-order valence-corrected chi connectivity index (χ0v) is 20.2. The monoisotopic (exact) mass is 494 g/mol. The average Bonchev–Trinajstić information content (AvgIpc) is 2.81. The lowest BCUT2D eigenvalue weighted by Gasteiger charge is -2.03. The summed E-state index contributed by atoms with van der Waals surface area (Å²) in [6.07, 6.45) is 0. The van der Waals surface area contributed by atoms with Gasteiger partial charge in [-0.05, 0) is 50.2 Å². The summed E-state index contributed by atoms with van der Waals surface area (Å²) in [7, 11) is -7.80. The molecular weight excluding hydrogens is 472 g/mol. The van der Waals surface area contributed by atoms with Crippen LogP contribution in [-0.2, 0) is 28.6 Å². The van der Waals surface area contributed by atoms with Crippen molar-refractivity contribution in [2.45, 2.75) is 23.6 Å². The van der Waals surface area contributed by atoms with Crippen LogP contribution in [0.5, 0.6) is 0 Å². The van der Waals surface area contributed by atoms with Gasteiger partial charge in [-0.1, -0.05) is 71.2 Å². The van der Waals surface area contributed by atoms with Crippen LogP contribution in [0.15, 0.2) is 82.6 Å². The Labute approximate surface area is 200 Å². The second-order valence-corrected chi connectivity index (χ2v) is 10.4. The average molecular weight is 495 g/mol. The van der Waals surface area contributed by atoms with E-state index in [4.69, 9.17) is 8.37 Å². The summed E-state index contributed by atoms with van der Waals surface area (Å²) in [6.45, 7) is 3.07. The van der Waals surface area contributed by atoms with Crippen molar-refractivity contribution in [1.29, 1.82) is 0 Å². The predicted molar refractivity (Wildman–Crippen MR) is 129 cm³/mol. The van der Waals surface area contributed by atoms with Gasteiger partial charge in [-0.25, -0.2) is 0 Å². The molecule has 0 aliphatic heterocycles. The number of hydrogen-bond acceptors (Lipinski definition) is 6. The first kappa shape index (κ1) is 25.2. The van der Waals surface area contributed by atoms with Crippen molar-refractivity contribution in [2.75, 3.05) is 13.2 Å². The molecule has 0 radical (unpaired) electrons. The molecule has 0 aromatic heterocycles. The van der Waals surface area contributed by atoms with Crippen molar-refractivity contribution >= 4 is 20.2 Å². The Hall–Kier alpha value is -3.40. The fourth-order valence-corrected chi connectivity index (χ4v) is 4.36. The number of benzene rings is 3. The quantitative estimate of drug-likeness (QED) is 0.383. The second-order valence-electron chi connectivity index (χ2n) is 7.21. The van der Waals surface area contributed by atoms with Gasteiger partial charge in [-0.3, -0.25) is 8.37 Å². The van der Waals surface area contributed by atoms with E-state index >= 15 is 0 Å². The molecule has 8 heteroatoms. The lowest BCUT2D eigenvalue weighted by molar-refractivity contribution is 0.362. The Morgan fingerprint density at radius 2 is 0.941 bits per heavy atom. The smallest absolute Gasteiger partial charge is 0.253 e. The van der Waals surface area contributed by atoms with Gasteiger partial charge in [-0.2, -0.15) is 16.8 Å². The van der Waals surface area contributed by atoms with Gasteiger partial charge in [0.25, 0.3) is 20.2 Å². The van der Waals surface area contributed by atoms with Crippen LogP contribution >= 0.6 is 0 Å². The molecule has 174 valence electrons. The van der Waals surface area contributed by atoms with E-state index in [-0.39, 0.29) is 23.0 Å². The lowest BCUT2D eigenvalue weighted by atomic mass is 10.1. The van der Waals surface area contributed by atoms with Crippen molar-refractivity contribution in [3.8, 4) is 23.7 Å². The van der Waals surface area contributed by atoms with Crippen LogP contribution in [0.4, 0.5) is 0 Å². The maximum atomic E-state index is 12.2. The SMILES string of the molecule is Cc1ccc(S(=O)(=O)OCC#Cc2ccccc2C#CCOS(=O)(=O)c2ccc(C)cc2)cc1. The summed E-state index contributed by atoms with van der Waals surface area (Å²) in [6, 6.07) is 19.6. The second kappa shape index (κ2) is 11.1. The van der Waals surface area contributed by atoms with Gasteiger partial charge in [0.15, 0.2) is 0 Å². The largest absolute Gasteiger partial charge is 0.297 e. The van der Waals surface area contributed by atoms with E-state index in [0.717, 1.165) is 11.1 Å². The Balaban J connectivity index is 1.63. The molecule has 0 aliphatic rings. The van der Waals surface area contributed by atoms with Gasteiger partial charge in [-0.15, -0.1) is 0 Å². The van der Waals surface area contributed by atoms with Crippen molar-refractivity contribution in [3.05, 3.63) is 95.1 Å². The van der Waals surface area contributed by atoms with Crippen LogP contribution in [-0.4, -0.2) is 30.0 Å². The minimum absolute atomic E-state index is 0.0618. The summed E-state index contributed by atoms with van der Waals surface area (Å²) in [5, 5.41) is 0. The van der Waals surface area contributed by atoms with Gasteiger partial charge >= 0.3 is 0 Å². The van der Waals surface area contributed by atoms with E-state index in [9.17, 15) is 16.8 Å². The third kappa shape index (κ3) is 7.05. The summed E-state index contributed by atoms with van der Waals surface area (Å²) in [5.74, 6) is 11.0. The molecule has 0 unspecified atom stereocenters. The van der Waals surface area contributed by atoms with Gasteiger partial charge < -0.3 is 0 Å². The minimum Gasteiger partial charge on any atom is -0.253 e. The molecule has 0 aliphatic carbocycles. The Morgan fingerprint density at radius 1 is 0.588 bits per heavy atom. The van der Waals surface area contributed by atoms with Crippen LogP contribution in [0.1, 0.15) is 22.3 Å². The van der Waals surface area contributed by atoms with Crippen molar-refractivity contribution in [2.24, 2.45) is 0 Å². The van der Waals surface area contributed by atoms with Crippen LogP contribution in [0.2, 0.25) is 0 Å². The van der Waals surface area contributed by atoms with Crippen molar-refractivity contribution < 1.29 is 25.2 Å². The molecule has 34 heavy (non-hydrogen) atoms. The molecule has 3 rings (SSSR count). The highest BCUT2D eigenvalue weighted by Crippen LogP contribution is 2.14. The van der Waals surface area contributed by atoms with Gasteiger partial charge in [0.05, 0.1) is 9.79 Å². The van der Waals surface area contributed by atoms with Crippen LogP contribution in [0.3, 0.4) is 0 Å².